The zero-order chi connectivity index (χ0) is 11.3. The Balaban J connectivity index is 4.08. The summed E-state index contributed by atoms with van der Waals surface area (Å²) in [7, 11) is 1.73. The van der Waals surface area contributed by atoms with Crippen LogP contribution in [0.1, 0.15) is 13.3 Å². The standard InChI is InChI=1S/C8H15NO4S/c1-6(4-8(11)12)14(13)5-7(10)9(2)3/h6H,4-5H2,1-3H3,(H,11,12). The summed E-state index contributed by atoms with van der Waals surface area (Å²) in [6, 6.07) is 0. The van der Waals surface area contributed by atoms with E-state index < -0.39 is 22.0 Å². The van der Waals surface area contributed by atoms with Crippen LogP contribution >= 0.6 is 0 Å². The summed E-state index contributed by atoms with van der Waals surface area (Å²) in [5.41, 5.74) is 0. The second kappa shape index (κ2) is 5.74. The van der Waals surface area contributed by atoms with Crippen molar-refractivity contribution in [3.63, 3.8) is 0 Å². The highest BCUT2D eigenvalue weighted by Crippen LogP contribution is 2.02. The molecule has 0 saturated heterocycles. The summed E-state index contributed by atoms with van der Waals surface area (Å²) in [6.07, 6.45) is -0.173. The lowest BCUT2D eigenvalue weighted by atomic mass is 10.3. The average Bonchev–Trinajstić information content (AvgIpc) is 2.02. The van der Waals surface area contributed by atoms with E-state index in [4.69, 9.17) is 5.11 Å². The normalized spacial score (nSPS) is 14.5. The number of hydrogen-bond donors (Lipinski definition) is 1. The second-order valence-electron chi connectivity index (χ2n) is 3.22. The second-order valence-corrected chi connectivity index (χ2v) is 5.08. The first-order chi connectivity index (χ1) is 6.34. The van der Waals surface area contributed by atoms with Crippen molar-refractivity contribution in [2.75, 3.05) is 19.8 Å². The molecule has 0 aliphatic carbocycles. The molecule has 0 aromatic carbocycles. The molecule has 82 valence electrons. The number of carboxylic acid groups (broad SMARTS) is 1. The Morgan fingerprint density at radius 3 is 2.29 bits per heavy atom. The van der Waals surface area contributed by atoms with Crippen molar-refractivity contribution in [3.8, 4) is 0 Å². The maximum Gasteiger partial charge on any atom is 0.304 e. The highest BCUT2D eigenvalue weighted by Gasteiger charge is 2.18. The number of amides is 1. The molecular formula is C8H15NO4S. The smallest absolute Gasteiger partial charge is 0.304 e. The zero-order valence-corrected chi connectivity index (χ0v) is 9.34. The van der Waals surface area contributed by atoms with Gasteiger partial charge in [0.2, 0.25) is 5.91 Å². The SMILES string of the molecule is CC(CC(=O)O)S(=O)CC(=O)N(C)C. The van der Waals surface area contributed by atoms with Crippen molar-refractivity contribution in [3.05, 3.63) is 0 Å². The average molecular weight is 221 g/mol. The molecule has 0 aromatic heterocycles. The fraction of sp³-hybridized carbons (Fsp3) is 0.750. The van der Waals surface area contributed by atoms with Gasteiger partial charge in [0.15, 0.2) is 0 Å². The molecule has 0 radical (unpaired) electrons. The molecule has 0 aliphatic rings. The number of carboxylic acids is 1. The van der Waals surface area contributed by atoms with Crippen LogP contribution in [0.3, 0.4) is 0 Å². The molecule has 2 atom stereocenters. The maximum absolute atomic E-state index is 11.4. The number of carbonyl (C=O) groups is 2. The van der Waals surface area contributed by atoms with Gasteiger partial charge in [0.1, 0.15) is 5.75 Å². The summed E-state index contributed by atoms with van der Waals surface area (Å²) in [5.74, 6) is -1.36. The summed E-state index contributed by atoms with van der Waals surface area (Å²) in [5, 5.41) is 7.96. The van der Waals surface area contributed by atoms with E-state index in [9.17, 15) is 13.8 Å². The Bertz CT molecular complexity index is 252. The van der Waals surface area contributed by atoms with Crippen LogP contribution in [-0.2, 0) is 20.4 Å². The van der Waals surface area contributed by atoms with Crippen LogP contribution in [0.2, 0.25) is 0 Å². The molecule has 0 rings (SSSR count). The fourth-order valence-electron chi connectivity index (χ4n) is 0.732. The predicted molar refractivity (Wildman–Crippen MR) is 53.4 cm³/mol. The highest BCUT2D eigenvalue weighted by molar-refractivity contribution is 7.86. The van der Waals surface area contributed by atoms with E-state index in [2.05, 4.69) is 0 Å². The molecule has 5 nitrogen and oxygen atoms in total. The van der Waals surface area contributed by atoms with Gasteiger partial charge in [0.05, 0.1) is 6.42 Å². The van der Waals surface area contributed by atoms with Crippen LogP contribution in [0.5, 0.6) is 0 Å². The van der Waals surface area contributed by atoms with Crippen molar-refractivity contribution in [2.45, 2.75) is 18.6 Å². The van der Waals surface area contributed by atoms with Gasteiger partial charge in [-0.05, 0) is 0 Å². The summed E-state index contributed by atoms with van der Waals surface area (Å²) >= 11 is 0. The minimum absolute atomic E-state index is 0.110. The van der Waals surface area contributed by atoms with E-state index in [0.717, 1.165) is 0 Å². The third-order valence-corrected chi connectivity index (χ3v) is 3.27. The quantitative estimate of drug-likeness (QED) is 0.691. The Labute approximate surface area is 85.5 Å². The first kappa shape index (κ1) is 13.1. The van der Waals surface area contributed by atoms with Gasteiger partial charge in [0, 0.05) is 30.1 Å². The number of aliphatic carboxylic acids is 1. The summed E-state index contributed by atoms with van der Waals surface area (Å²) in [6.45, 7) is 1.56. The minimum atomic E-state index is -1.41. The first-order valence-corrected chi connectivity index (χ1v) is 5.52. The van der Waals surface area contributed by atoms with E-state index in [-0.39, 0.29) is 18.1 Å². The number of hydrogen-bond acceptors (Lipinski definition) is 3. The Morgan fingerprint density at radius 2 is 1.93 bits per heavy atom. The van der Waals surface area contributed by atoms with Crippen molar-refractivity contribution < 1.29 is 18.9 Å². The molecule has 0 aromatic rings. The molecule has 1 amide bonds. The van der Waals surface area contributed by atoms with Crippen molar-refractivity contribution in [1.29, 1.82) is 0 Å². The molecule has 0 heterocycles. The summed E-state index contributed by atoms with van der Waals surface area (Å²) < 4.78 is 11.4. The molecule has 0 spiro atoms. The van der Waals surface area contributed by atoms with Crippen LogP contribution in [0, 0.1) is 0 Å². The molecule has 2 unspecified atom stereocenters. The Kier molecular flexibility index (Phi) is 5.37. The largest absolute Gasteiger partial charge is 0.481 e. The van der Waals surface area contributed by atoms with E-state index >= 15 is 0 Å². The molecule has 0 aliphatic heterocycles. The van der Waals surface area contributed by atoms with Gasteiger partial charge < -0.3 is 10.0 Å². The third kappa shape index (κ3) is 4.96. The number of rotatable bonds is 5. The van der Waals surface area contributed by atoms with E-state index in [0.29, 0.717) is 0 Å². The number of carbonyl (C=O) groups excluding carboxylic acids is 1. The first-order valence-electron chi connectivity index (χ1n) is 4.13. The minimum Gasteiger partial charge on any atom is -0.481 e. The fourth-order valence-corrected chi connectivity index (χ4v) is 1.85. The summed E-state index contributed by atoms with van der Waals surface area (Å²) in [4.78, 5) is 22.8. The monoisotopic (exact) mass is 221 g/mol. The van der Waals surface area contributed by atoms with Gasteiger partial charge >= 0.3 is 5.97 Å². The van der Waals surface area contributed by atoms with Crippen LogP contribution in [-0.4, -0.2) is 51.2 Å². The molecule has 0 fully saturated rings. The van der Waals surface area contributed by atoms with Crippen molar-refractivity contribution in [1.82, 2.24) is 4.90 Å². The van der Waals surface area contributed by atoms with Gasteiger partial charge in [0.25, 0.3) is 0 Å². The molecule has 0 saturated carbocycles. The van der Waals surface area contributed by atoms with Crippen LogP contribution in [0.15, 0.2) is 0 Å². The molecule has 0 bridgehead atoms. The highest BCUT2D eigenvalue weighted by atomic mass is 32.2. The van der Waals surface area contributed by atoms with Crippen LogP contribution < -0.4 is 0 Å². The Morgan fingerprint density at radius 1 is 1.43 bits per heavy atom. The van der Waals surface area contributed by atoms with Gasteiger partial charge in [-0.3, -0.25) is 13.8 Å². The molecular weight excluding hydrogens is 206 g/mol. The lowest BCUT2D eigenvalue weighted by Gasteiger charge is -2.12. The van der Waals surface area contributed by atoms with Gasteiger partial charge in [-0.15, -0.1) is 0 Å². The van der Waals surface area contributed by atoms with Crippen LogP contribution in [0.25, 0.3) is 0 Å². The lowest BCUT2D eigenvalue weighted by molar-refractivity contribution is -0.137. The lowest BCUT2D eigenvalue weighted by Crippen LogP contribution is -2.30. The zero-order valence-electron chi connectivity index (χ0n) is 8.52. The predicted octanol–water partition coefficient (Wildman–Crippen LogP) is -0.313. The number of nitrogens with zero attached hydrogens (tertiary/aromatic N) is 1. The van der Waals surface area contributed by atoms with E-state index in [1.807, 2.05) is 0 Å². The van der Waals surface area contributed by atoms with Gasteiger partial charge in [-0.1, -0.05) is 6.92 Å². The third-order valence-electron chi connectivity index (χ3n) is 1.68. The van der Waals surface area contributed by atoms with Crippen molar-refractivity contribution >= 4 is 22.7 Å². The Hall–Kier alpha value is -0.910. The van der Waals surface area contributed by atoms with Crippen LogP contribution in [0.4, 0.5) is 0 Å². The van der Waals surface area contributed by atoms with Gasteiger partial charge in [-0.25, -0.2) is 0 Å². The van der Waals surface area contributed by atoms with E-state index in [1.165, 1.54) is 4.90 Å². The molecule has 14 heavy (non-hydrogen) atoms. The van der Waals surface area contributed by atoms with Crippen molar-refractivity contribution in [2.24, 2.45) is 0 Å². The topological polar surface area (TPSA) is 74.7 Å². The van der Waals surface area contributed by atoms with E-state index in [1.54, 1.807) is 21.0 Å². The molecule has 6 heteroatoms. The van der Waals surface area contributed by atoms with Gasteiger partial charge in [-0.2, -0.15) is 0 Å². The molecule has 1 N–H and O–H groups in total. The maximum atomic E-state index is 11.4.